The smallest absolute Gasteiger partial charge is 0.190 e. The zero-order chi connectivity index (χ0) is 19.8. The van der Waals surface area contributed by atoms with Crippen LogP contribution >= 0.6 is 24.0 Å². The van der Waals surface area contributed by atoms with Gasteiger partial charge in [-0.1, -0.05) is 6.92 Å². The van der Waals surface area contributed by atoms with Crippen LogP contribution in [0.3, 0.4) is 0 Å². The number of benzene rings is 1. The van der Waals surface area contributed by atoms with Crippen LogP contribution in [-0.2, 0) is 6.42 Å². The standard InChI is InChI=1S/C22H34FN5.HI/c1-17-6-5-13-28(16-17)12-4-3-10-25-22(24-2)26-11-9-18-15-27-21-14-19(23)7-8-20(18)21;/h7-8,14-15,17,27H,3-6,9-13,16H2,1-2H3,(H2,24,25,26);1H. The van der Waals surface area contributed by atoms with E-state index < -0.39 is 0 Å². The van der Waals surface area contributed by atoms with Gasteiger partial charge >= 0.3 is 0 Å². The molecule has 0 amide bonds. The summed E-state index contributed by atoms with van der Waals surface area (Å²) in [5, 5.41) is 7.86. The molecule has 1 aliphatic rings. The first kappa shape index (κ1) is 23.9. The Morgan fingerprint density at radius 3 is 2.90 bits per heavy atom. The molecule has 1 saturated heterocycles. The van der Waals surface area contributed by atoms with E-state index in [0.29, 0.717) is 0 Å². The fraction of sp³-hybridized carbons (Fsp3) is 0.591. The van der Waals surface area contributed by atoms with Gasteiger partial charge in [0.15, 0.2) is 5.96 Å². The number of unbranched alkanes of at least 4 members (excludes halogenated alkanes) is 1. The molecule has 1 atom stereocenters. The average Bonchev–Trinajstić information content (AvgIpc) is 3.08. The molecule has 1 aromatic carbocycles. The van der Waals surface area contributed by atoms with E-state index in [4.69, 9.17) is 0 Å². The monoisotopic (exact) mass is 515 g/mol. The summed E-state index contributed by atoms with van der Waals surface area (Å²) in [4.78, 5) is 10.1. The van der Waals surface area contributed by atoms with Crippen LogP contribution in [0.4, 0.5) is 4.39 Å². The first-order valence-corrected chi connectivity index (χ1v) is 10.6. The highest BCUT2D eigenvalue weighted by molar-refractivity contribution is 14.0. The van der Waals surface area contributed by atoms with E-state index >= 15 is 0 Å². The third-order valence-electron chi connectivity index (χ3n) is 5.57. The van der Waals surface area contributed by atoms with E-state index in [1.807, 2.05) is 12.3 Å². The minimum Gasteiger partial charge on any atom is -0.361 e. The van der Waals surface area contributed by atoms with Gasteiger partial charge in [0, 0.05) is 43.8 Å². The number of aromatic nitrogens is 1. The van der Waals surface area contributed by atoms with Crippen LogP contribution in [0.1, 0.15) is 38.2 Å². The Hall–Kier alpha value is -1.35. The molecule has 0 spiro atoms. The van der Waals surface area contributed by atoms with Crippen molar-refractivity contribution < 1.29 is 4.39 Å². The highest BCUT2D eigenvalue weighted by Crippen LogP contribution is 2.19. The molecule has 162 valence electrons. The van der Waals surface area contributed by atoms with Gasteiger partial charge in [-0.2, -0.15) is 0 Å². The lowest BCUT2D eigenvalue weighted by atomic mass is 10.0. The summed E-state index contributed by atoms with van der Waals surface area (Å²) in [5.41, 5.74) is 2.04. The molecule has 0 aliphatic carbocycles. The molecule has 2 heterocycles. The maximum Gasteiger partial charge on any atom is 0.190 e. The number of hydrogen-bond donors (Lipinski definition) is 3. The van der Waals surface area contributed by atoms with Crippen LogP contribution in [0.5, 0.6) is 0 Å². The van der Waals surface area contributed by atoms with Gasteiger partial charge in [-0.05, 0) is 74.9 Å². The number of H-pyrrole nitrogens is 1. The largest absolute Gasteiger partial charge is 0.361 e. The van der Waals surface area contributed by atoms with E-state index in [9.17, 15) is 4.39 Å². The van der Waals surface area contributed by atoms with Crippen molar-refractivity contribution in [3.8, 4) is 0 Å². The lowest BCUT2D eigenvalue weighted by Crippen LogP contribution is -2.39. The lowest BCUT2D eigenvalue weighted by molar-refractivity contribution is 0.181. The fourth-order valence-corrected chi connectivity index (χ4v) is 4.06. The zero-order valence-corrected chi connectivity index (χ0v) is 20.0. The maximum absolute atomic E-state index is 13.3. The number of guanidine groups is 1. The van der Waals surface area contributed by atoms with Crippen molar-refractivity contribution in [2.75, 3.05) is 39.8 Å². The van der Waals surface area contributed by atoms with Gasteiger partial charge in [0.1, 0.15) is 5.82 Å². The van der Waals surface area contributed by atoms with Crippen molar-refractivity contribution in [1.82, 2.24) is 20.5 Å². The molecular weight excluding hydrogens is 480 g/mol. The minimum atomic E-state index is -0.210. The Labute approximate surface area is 190 Å². The number of piperidine rings is 1. The topological polar surface area (TPSA) is 55.5 Å². The van der Waals surface area contributed by atoms with Crippen molar-refractivity contribution in [2.24, 2.45) is 10.9 Å². The van der Waals surface area contributed by atoms with Gasteiger partial charge in [-0.3, -0.25) is 4.99 Å². The number of rotatable bonds is 8. The van der Waals surface area contributed by atoms with Crippen LogP contribution in [0, 0.1) is 11.7 Å². The molecule has 0 radical (unpaired) electrons. The molecule has 1 fully saturated rings. The SMILES string of the molecule is CN=C(NCCCCN1CCCC(C)C1)NCCc1c[nH]c2cc(F)ccc12.I. The van der Waals surface area contributed by atoms with E-state index in [2.05, 4.69) is 32.4 Å². The number of aromatic amines is 1. The van der Waals surface area contributed by atoms with E-state index in [-0.39, 0.29) is 29.8 Å². The van der Waals surface area contributed by atoms with Gasteiger partial charge < -0.3 is 20.5 Å². The molecule has 0 saturated carbocycles. The molecule has 5 nitrogen and oxygen atoms in total. The molecule has 0 bridgehead atoms. The third kappa shape index (κ3) is 7.44. The zero-order valence-electron chi connectivity index (χ0n) is 17.6. The summed E-state index contributed by atoms with van der Waals surface area (Å²) in [6.45, 7) is 7.82. The molecule has 7 heteroatoms. The van der Waals surface area contributed by atoms with Crippen LogP contribution in [-0.4, -0.2) is 55.6 Å². The van der Waals surface area contributed by atoms with Crippen molar-refractivity contribution in [1.29, 1.82) is 0 Å². The molecular formula is C22H35FIN5. The third-order valence-corrected chi connectivity index (χ3v) is 5.57. The number of aliphatic imine (C=N–C) groups is 1. The molecule has 1 aromatic heterocycles. The highest BCUT2D eigenvalue weighted by atomic mass is 127. The van der Waals surface area contributed by atoms with E-state index in [0.717, 1.165) is 48.7 Å². The van der Waals surface area contributed by atoms with Crippen molar-refractivity contribution in [3.63, 3.8) is 0 Å². The summed E-state index contributed by atoms with van der Waals surface area (Å²) in [7, 11) is 1.80. The predicted octanol–water partition coefficient (Wildman–Crippen LogP) is 4.14. The second-order valence-electron chi connectivity index (χ2n) is 7.93. The Balaban J connectivity index is 0.00000300. The highest BCUT2D eigenvalue weighted by Gasteiger charge is 2.15. The predicted molar refractivity (Wildman–Crippen MR) is 131 cm³/mol. The summed E-state index contributed by atoms with van der Waals surface area (Å²) in [6, 6.07) is 4.89. The minimum absolute atomic E-state index is 0. The van der Waals surface area contributed by atoms with E-state index in [1.165, 1.54) is 56.6 Å². The van der Waals surface area contributed by atoms with Crippen LogP contribution < -0.4 is 10.6 Å². The van der Waals surface area contributed by atoms with Crippen LogP contribution in [0.2, 0.25) is 0 Å². The molecule has 29 heavy (non-hydrogen) atoms. The molecule has 3 rings (SSSR count). The molecule has 1 aliphatic heterocycles. The number of hydrogen-bond acceptors (Lipinski definition) is 2. The van der Waals surface area contributed by atoms with Crippen molar-refractivity contribution >= 4 is 40.8 Å². The molecule has 1 unspecified atom stereocenters. The second kappa shape index (κ2) is 12.4. The number of fused-ring (bicyclic) bond motifs is 1. The lowest BCUT2D eigenvalue weighted by Gasteiger charge is -2.30. The number of likely N-dealkylation sites (tertiary alicyclic amines) is 1. The van der Waals surface area contributed by atoms with Gasteiger partial charge in [0.05, 0.1) is 0 Å². The Kier molecular flexibility index (Phi) is 10.2. The molecule has 3 N–H and O–H groups in total. The Bertz CT molecular complexity index is 776. The van der Waals surface area contributed by atoms with Crippen LogP contribution in [0.15, 0.2) is 29.4 Å². The van der Waals surface area contributed by atoms with Gasteiger partial charge in [0.25, 0.3) is 0 Å². The quantitative estimate of drug-likeness (QED) is 0.214. The fourth-order valence-electron chi connectivity index (χ4n) is 4.06. The van der Waals surface area contributed by atoms with E-state index in [1.54, 1.807) is 7.05 Å². The number of nitrogens with one attached hydrogen (secondary N) is 3. The van der Waals surface area contributed by atoms with Gasteiger partial charge in [-0.25, -0.2) is 4.39 Å². The van der Waals surface area contributed by atoms with Crippen LogP contribution in [0.25, 0.3) is 10.9 Å². The van der Waals surface area contributed by atoms with Crippen molar-refractivity contribution in [2.45, 2.75) is 39.0 Å². The first-order chi connectivity index (χ1) is 13.7. The Morgan fingerprint density at radius 2 is 2.10 bits per heavy atom. The summed E-state index contributed by atoms with van der Waals surface area (Å²) in [6.07, 6.45) is 7.93. The second-order valence-corrected chi connectivity index (χ2v) is 7.93. The number of nitrogens with zero attached hydrogens (tertiary/aromatic N) is 2. The first-order valence-electron chi connectivity index (χ1n) is 10.6. The normalized spacial score (nSPS) is 17.9. The van der Waals surface area contributed by atoms with Crippen molar-refractivity contribution in [3.05, 3.63) is 35.8 Å². The summed E-state index contributed by atoms with van der Waals surface area (Å²) in [5.74, 6) is 1.49. The summed E-state index contributed by atoms with van der Waals surface area (Å²) >= 11 is 0. The summed E-state index contributed by atoms with van der Waals surface area (Å²) < 4.78 is 13.3. The number of halogens is 2. The Morgan fingerprint density at radius 1 is 1.28 bits per heavy atom. The van der Waals surface area contributed by atoms with Gasteiger partial charge in [0.2, 0.25) is 0 Å². The maximum atomic E-state index is 13.3. The molecule has 2 aromatic rings. The average molecular weight is 515 g/mol. The van der Waals surface area contributed by atoms with Gasteiger partial charge in [-0.15, -0.1) is 24.0 Å².